The van der Waals surface area contributed by atoms with Crippen LogP contribution in [0.25, 0.3) is 10.2 Å². The van der Waals surface area contributed by atoms with E-state index in [9.17, 15) is 0 Å². The lowest BCUT2D eigenvalue weighted by molar-refractivity contribution is 0.336. The van der Waals surface area contributed by atoms with Crippen molar-refractivity contribution in [3.05, 3.63) is 16.8 Å². The molecular formula is C17H25N3S. The van der Waals surface area contributed by atoms with E-state index in [1.54, 1.807) is 11.3 Å². The van der Waals surface area contributed by atoms with E-state index in [1.165, 1.54) is 35.9 Å². The second-order valence-corrected chi connectivity index (χ2v) is 7.64. The van der Waals surface area contributed by atoms with Crippen LogP contribution in [0.15, 0.2) is 6.07 Å². The van der Waals surface area contributed by atoms with Crippen molar-refractivity contribution < 1.29 is 0 Å². The van der Waals surface area contributed by atoms with Gasteiger partial charge in [-0.25, -0.2) is 9.97 Å². The highest BCUT2D eigenvalue weighted by atomic mass is 32.1. The van der Waals surface area contributed by atoms with E-state index >= 15 is 0 Å². The summed E-state index contributed by atoms with van der Waals surface area (Å²) in [5, 5.41) is 4.69. The van der Waals surface area contributed by atoms with Crippen LogP contribution in [0.3, 0.4) is 0 Å². The van der Waals surface area contributed by atoms with Gasteiger partial charge in [0.2, 0.25) is 0 Å². The zero-order valence-corrected chi connectivity index (χ0v) is 14.1. The summed E-state index contributed by atoms with van der Waals surface area (Å²) in [5.74, 6) is 3.46. The van der Waals surface area contributed by atoms with Crippen LogP contribution in [0.4, 0.5) is 5.82 Å². The van der Waals surface area contributed by atoms with Gasteiger partial charge in [0.15, 0.2) is 0 Å². The maximum absolute atomic E-state index is 4.89. The summed E-state index contributed by atoms with van der Waals surface area (Å²) in [4.78, 5) is 12.2. The first-order valence-corrected chi connectivity index (χ1v) is 9.01. The number of aryl methyl sites for hydroxylation is 1. The Labute approximate surface area is 131 Å². The highest BCUT2D eigenvalue weighted by Gasteiger charge is 2.24. The van der Waals surface area contributed by atoms with Crippen molar-refractivity contribution >= 4 is 27.4 Å². The van der Waals surface area contributed by atoms with Gasteiger partial charge in [0.25, 0.3) is 0 Å². The maximum atomic E-state index is 4.89. The molecule has 0 radical (unpaired) electrons. The summed E-state index contributed by atoms with van der Waals surface area (Å²) in [6.07, 6.45) is 6.27. The van der Waals surface area contributed by atoms with Gasteiger partial charge in [-0.2, -0.15) is 0 Å². The smallest absolute Gasteiger partial charge is 0.138 e. The molecule has 0 spiro atoms. The topological polar surface area (TPSA) is 37.8 Å². The highest BCUT2D eigenvalue weighted by Crippen LogP contribution is 2.37. The van der Waals surface area contributed by atoms with Crippen LogP contribution in [0.2, 0.25) is 0 Å². The quantitative estimate of drug-likeness (QED) is 0.852. The molecule has 3 rings (SSSR count). The summed E-state index contributed by atoms with van der Waals surface area (Å²) < 4.78 is 0. The second kappa shape index (κ2) is 6.30. The Bertz CT molecular complexity index is 620. The molecule has 2 aromatic rings. The molecule has 0 aromatic carbocycles. The number of rotatable bonds is 4. The second-order valence-electron chi connectivity index (χ2n) is 6.40. The minimum atomic E-state index is 0.544. The van der Waals surface area contributed by atoms with Gasteiger partial charge in [-0.05, 0) is 38.2 Å². The molecule has 1 aliphatic carbocycles. The molecule has 2 unspecified atom stereocenters. The fourth-order valence-electron chi connectivity index (χ4n) is 3.29. The normalized spacial score (nSPS) is 22.6. The Morgan fingerprint density at radius 3 is 2.95 bits per heavy atom. The zero-order valence-electron chi connectivity index (χ0n) is 13.3. The third-order valence-corrected chi connectivity index (χ3v) is 5.32. The minimum absolute atomic E-state index is 0.544. The summed E-state index contributed by atoms with van der Waals surface area (Å²) in [7, 11) is 0. The first kappa shape index (κ1) is 14.8. The monoisotopic (exact) mass is 303 g/mol. The van der Waals surface area contributed by atoms with Crippen molar-refractivity contribution in [1.29, 1.82) is 0 Å². The van der Waals surface area contributed by atoms with Crippen LogP contribution in [-0.4, -0.2) is 16.5 Å². The van der Waals surface area contributed by atoms with E-state index < -0.39 is 0 Å². The average Bonchev–Trinajstić information content (AvgIpc) is 2.85. The van der Waals surface area contributed by atoms with Crippen LogP contribution in [-0.2, 0) is 0 Å². The van der Waals surface area contributed by atoms with Crippen molar-refractivity contribution in [3.63, 3.8) is 0 Å². The Morgan fingerprint density at radius 2 is 2.19 bits per heavy atom. The van der Waals surface area contributed by atoms with Crippen LogP contribution in [0.1, 0.15) is 62.6 Å². The van der Waals surface area contributed by atoms with Crippen molar-refractivity contribution in [2.75, 3.05) is 11.9 Å². The van der Waals surface area contributed by atoms with Gasteiger partial charge in [-0.15, -0.1) is 11.3 Å². The number of thiophene rings is 1. The molecule has 4 heteroatoms. The Balaban J connectivity index is 1.98. The first-order chi connectivity index (χ1) is 10.2. The fraction of sp³-hybridized carbons (Fsp3) is 0.647. The van der Waals surface area contributed by atoms with E-state index in [2.05, 4.69) is 32.2 Å². The molecule has 1 saturated carbocycles. The number of hydrogen-bond acceptors (Lipinski definition) is 4. The van der Waals surface area contributed by atoms with Crippen molar-refractivity contribution in [2.45, 2.75) is 58.8 Å². The molecule has 114 valence electrons. The Hall–Kier alpha value is -1.16. The number of fused-ring (bicyclic) bond motifs is 1. The van der Waals surface area contributed by atoms with Crippen LogP contribution in [0.5, 0.6) is 0 Å². The van der Waals surface area contributed by atoms with Crippen molar-refractivity contribution in [2.24, 2.45) is 5.92 Å². The van der Waals surface area contributed by atoms with Crippen LogP contribution < -0.4 is 5.32 Å². The van der Waals surface area contributed by atoms with Gasteiger partial charge in [0, 0.05) is 17.3 Å². The first-order valence-electron chi connectivity index (χ1n) is 8.19. The number of anilines is 1. The lowest BCUT2D eigenvalue weighted by atomic mass is 9.82. The predicted octanol–water partition coefficient (Wildman–Crippen LogP) is 5.12. The van der Waals surface area contributed by atoms with E-state index in [1.807, 2.05) is 0 Å². The summed E-state index contributed by atoms with van der Waals surface area (Å²) in [5.41, 5.74) is 0. The van der Waals surface area contributed by atoms with Gasteiger partial charge in [-0.1, -0.05) is 26.7 Å². The average molecular weight is 303 g/mol. The van der Waals surface area contributed by atoms with Gasteiger partial charge < -0.3 is 5.32 Å². The minimum Gasteiger partial charge on any atom is -0.369 e. The van der Waals surface area contributed by atoms with Gasteiger partial charge >= 0.3 is 0 Å². The predicted molar refractivity (Wildman–Crippen MR) is 91.3 cm³/mol. The molecule has 1 aliphatic rings. The number of nitrogens with one attached hydrogen (secondary N) is 1. The molecule has 21 heavy (non-hydrogen) atoms. The van der Waals surface area contributed by atoms with E-state index in [4.69, 9.17) is 9.97 Å². The van der Waals surface area contributed by atoms with Crippen LogP contribution in [0, 0.1) is 12.8 Å². The summed E-state index contributed by atoms with van der Waals surface area (Å²) in [6.45, 7) is 7.67. The standard InChI is InChI=1S/C17H25N3S/c1-4-8-18-16-14-10-12(3)21-17(14)20-15(19-16)13-7-5-6-11(2)9-13/h10-11,13H,4-9H2,1-3H3,(H,18,19,20). The third kappa shape index (κ3) is 3.20. The van der Waals surface area contributed by atoms with Crippen LogP contribution >= 0.6 is 11.3 Å². The Morgan fingerprint density at radius 1 is 1.33 bits per heavy atom. The largest absolute Gasteiger partial charge is 0.369 e. The van der Waals surface area contributed by atoms with E-state index in [0.29, 0.717) is 5.92 Å². The van der Waals surface area contributed by atoms with Gasteiger partial charge in [-0.3, -0.25) is 0 Å². The maximum Gasteiger partial charge on any atom is 0.138 e. The molecule has 0 aliphatic heterocycles. The van der Waals surface area contributed by atoms with E-state index in [-0.39, 0.29) is 0 Å². The summed E-state index contributed by atoms with van der Waals surface area (Å²) in [6, 6.07) is 2.21. The molecule has 0 saturated heterocycles. The van der Waals surface area contributed by atoms with E-state index in [0.717, 1.165) is 35.4 Å². The zero-order chi connectivity index (χ0) is 14.8. The molecule has 2 aromatic heterocycles. The number of aromatic nitrogens is 2. The molecule has 2 heterocycles. The number of hydrogen-bond donors (Lipinski definition) is 1. The lowest BCUT2D eigenvalue weighted by Crippen LogP contribution is -2.15. The summed E-state index contributed by atoms with van der Waals surface area (Å²) >= 11 is 1.79. The SMILES string of the molecule is CCCNc1nc(C2CCCC(C)C2)nc2sc(C)cc12. The van der Waals surface area contributed by atoms with Crippen molar-refractivity contribution in [3.8, 4) is 0 Å². The molecule has 1 N–H and O–H groups in total. The lowest BCUT2D eigenvalue weighted by Gasteiger charge is -2.25. The van der Waals surface area contributed by atoms with Crippen molar-refractivity contribution in [1.82, 2.24) is 9.97 Å². The molecule has 0 bridgehead atoms. The molecule has 1 fully saturated rings. The number of nitrogens with zero attached hydrogens (tertiary/aromatic N) is 2. The highest BCUT2D eigenvalue weighted by molar-refractivity contribution is 7.18. The Kier molecular flexibility index (Phi) is 4.43. The van der Waals surface area contributed by atoms with Gasteiger partial charge in [0.05, 0.1) is 5.39 Å². The fourth-order valence-corrected chi connectivity index (χ4v) is 4.17. The molecule has 2 atom stereocenters. The molecular weight excluding hydrogens is 278 g/mol. The molecule has 3 nitrogen and oxygen atoms in total. The third-order valence-electron chi connectivity index (χ3n) is 4.38. The molecule has 0 amide bonds. The van der Waals surface area contributed by atoms with Gasteiger partial charge in [0.1, 0.15) is 16.5 Å².